The van der Waals surface area contributed by atoms with Gasteiger partial charge in [-0.25, -0.2) is 4.39 Å². The van der Waals surface area contributed by atoms with Crippen LogP contribution in [0.4, 0.5) is 4.39 Å². The molecular weight excluding hydrogens is 322 g/mol. The fourth-order valence-corrected chi connectivity index (χ4v) is 2.38. The molecule has 0 aliphatic carbocycles. The molecule has 0 bridgehead atoms. The van der Waals surface area contributed by atoms with E-state index in [2.05, 4.69) is 4.52 Å². The number of phosphoric ester groups is 1. The average Bonchev–Trinajstić information content (AvgIpc) is 2.72. The van der Waals surface area contributed by atoms with Gasteiger partial charge in [-0.3, -0.25) is 9.36 Å². The molecule has 1 saturated heterocycles. The summed E-state index contributed by atoms with van der Waals surface area (Å²) < 4.78 is 35.1. The minimum atomic E-state index is -5.01. The van der Waals surface area contributed by atoms with Crippen LogP contribution in [0.25, 0.3) is 0 Å². The maximum atomic E-state index is 14.1. The Morgan fingerprint density at radius 1 is 1.64 bits per heavy atom. The summed E-state index contributed by atoms with van der Waals surface area (Å²) in [6.07, 6.45) is -3.54. The first-order chi connectivity index (χ1) is 10.2. The molecule has 1 fully saturated rings. The number of ether oxygens (including phenoxy) is 1. The van der Waals surface area contributed by atoms with Gasteiger partial charge in [-0.15, -0.1) is 0 Å². The van der Waals surface area contributed by atoms with Crippen LogP contribution in [-0.2, 0) is 13.8 Å². The minimum absolute atomic E-state index is 0.104. The number of primary amides is 1. The number of aliphatic hydroxyl groups is 1. The highest BCUT2D eigenvalue weighted by molar-refractivity contribution is 7.44. The van der Waals surface area contributed by atoms with Crippen LogP contribution >= 0.6 is 7.82 Å². The lowest BCUT2D eigenvalue weighted by molar-refractivity contribution is -0.764. The summed E-state index contributed by atoms with van der Waals surface area (Å²) in [6, 6.07) is 2.85. The van der Waals surface area contributed by atoms with E-state index >= 15 is 0 Å². The molecule has 1 amide bonds. The second-order valence-corrected chi connectivity index (χ2v) is 5.86. The molecule has 0 aromatic carbocycles. The Morgan fingerprint density at radius 3 is 2.91 bits per heavy atom. The molecule has 5 atom stereocenters. The highest BCUT2D eigenvalue weighted by Gasteiger charge is 2.50. The van der Waals surface area contributed by atoms with E-state index in [9.17, 15) is 23.7 Å². The number of halogens is 1. The Labute approximate surface area is 124 Å². The first kappa shape index (κ1) is 16.9. The number of carbonyl (C=O) groups is 1. The quantitative estimate of drug-likeness (QED) is 0.422. The van der Waals surface area contributed by atoms with Crippen molar-refractivity contribution in [3.8, 4) is 0 Å². The van der Waals surface area contributed by atoms with Gasteiger partial charge in [0.25, 0.3) is 20.0 Å². The van der Waals surface area contributed by atoms with E-state index in [-0.39, 0.29) is 5.56 Å². The van der Waals surface area contributed by atoms with Crippen LogP contribution in [0, 0.1) is 0 Å². The van der Waals surface area contributed by atoms with Gasteiger partial charge in [-0.2, -0.15) is 4.57 Å². The number of hydrogen-bond donors (Lipinski definition) is 3. The van der Waals surface area contributed by atoms with Crippen molar-refractivity contribution in [3.05, 3.63) is 30.1 Å². The summed E-state index contributed by atoms with van der Waals surface area (Å²) in [5, 5.41) is 9.71. The maximum absolute atomic E-state index is 14.1. The number of phosphoric acid groups is 1. The second-order valence-electron chi connectivity index (χ2n) is 4.67. The number of carbonyl (C=O) groups excluding carboxylic acids is 1. The van der Waals surface area contributed by atoms with Gasteiger partial charge in [0, 0.05) is 6.07 Å². The van der Waals surface area contributed by atoms with Gasteiger partial charge in [0.2, 0.25) is 6.17 Å². The van der Waals surface area contributed by atoms with Crippen LogP contribution in [0.2, 0.25) is 0 Å². The Hall–Kier alpha value is -1.42. The lowest BCUT2D eigenvalue weighted by atomic mass is 10.1. The molecular formula is C11H14FN2O7P. The largest absolute Gasteiger partial charge is 0.756 e. The molecule has 22 heavy (non-hydrogen) atoms. The summed E-state index contributed by atoms with van der Waals surface area (Å²) in [7, 11) is -5.01. The first-order valence-electron chi connectivity index (χ1n) is 6.15. The lowest BCUT2D eigenvalue weighted by Gasteiger charge is -2.19. The molecule has 2 rings (SSSR count). The van der Waals surface area contributed by atoms with E-state index in [0.717, 1.165) is 0 Å². The van der Waals surface area contributed by atoms with E-state index in [1.807, 2.05) is 0 Å². The Morgan fingerprint density at radius 2 is 2.32 bits per heavy atom. The summed E-state index contributed by atoms with van der Waals surface area (Å²) in [6.45, 7) is -0.745. The number of alkyl halides is 1. The molecule has 11 heteroatoms. The van der Waals surface area contributed by atoms with Crippen LogP contribution in [0.1, 0.15) is 16.6 Å². The number of rotatable bonds is 5. The zero-order chi connectivity index (χ0) is 16.5. The zero-order valence-electron chi connectivity index (χ0n) is 11.1. The van der Waals surface area contributed by atoms with Crippen molar-refractivity contribution in [2.75, 3.05) is 6.61 Å². The van der Waals surface area contributed by atoms with Gasteiger partial charge in [0.1, 0.15) is 17.8 Å². The van der Waals surface area contributed by atoms with Crippen LogP contribution in [-0.4, -0.2) is 40.9 Å². The Kier molecular flexibility index (Phi) is 4.90. The van der Waals surface area contributed by atoms with Crippen molar-refractivity contribution < 1.29 is 42.5 Å². The van der Waals surface area contributed by atoms with Crippen LogP contribution in [0.15, 0.2) is 24.5 Å². The SMILES string of the molecule is NC(=O)c1ccc[n+]([C@@H]2O[C@H](COP(=O)([O-])O)[C@@H](O)[C@@H]2F)c1. The summed E-state index contributed by atoms with van der Waals surface area (Å²) in [5.74, 6) is -0.726. The van der Waals surface area contributed by atoms with Gasteiger partial charge in [0.15, 0.2) is 12.4 Å². The topological polar surface area (TPSA) is 146 Å². The van der Waals surface area contributed by atoms with Gasteiger partial charge in [-0.1, -0.05) is 0 Å². The third kappa shape index (κ3) is 3.86. The van der Waals surface area contributed by atoms with Crippen molar-refractivity contribution in [1.82, 2.24) is 0 Å². The molecule has 9 nitrogen and oxygen atoms in total. The normalized spacial score (nSPS) is 30.9. The van der Waals surface area contributed by atoms with Gasteiger partial charge in [0.05, 0.1) is 6.61 Å². The molecule has 1 unspecified atom stereocenters. The van der Waals surface area contributed by atoms with E-state index in [0.29, 0.717) is 0 Å². The smallest absolute Gasteiger partial charge is 0.297 e. The second kappa shape index (κ2) is 6.37. The molecule has 1 aromatic heterocycles. The molecule has 122 valence electrons. The molecule has 0 radical (unpaired) electrons. The summed E-state index contributed by atoms with van der Waals surface area (Å²) in [5.41, 5.74) is 5.22. The first-order valence-corrected chi connectivity index (χ1v) is 7.65. The van der Waals surface area contributed by atoms with E-state index in [4.69, 9.17) is 15.4 Å². The molecule has 2 heterocycles. The summed E-state index contributed by atoms with van der Waals surface area (Å²) in [4.78, 5) is 30.1. The highest BCUT2D eigenvalue weighted by Crippen LogP contribution is 2.34. The van der Waals surface area contributed by atoms with E-state index in [1.165, 1.54) is 29.1 Å². The average molecular weight is 336 g/mol. The Balaban J connectivity index is 2.14. The molecule has 0 spiro atoms. The van der Waals surface area contributed by atoms with Crippen molar-refractivity contribution in [3.63, 3.8) is 0 Å². The van der Waals surface area contributed by atoms with Crippen molar-refractivity contribution >= 4 is 13.7 Å². The standard InChI is InChI=1S/C11H14FN2O7P/c12-8-9(15)7(5-20-22(17,18)19)21-11(8)14-3-1-2-6(4-14)10(13)16/h1-4,7-9,11,15H,5H2,(H3-,13,16,17,18,19)/t7-,8+,9-,11-/m1/s1. The maximum Gasteiger partial charge on any atom is 0.297 e. The number of amides is 1. The summed E-state index contributed by atoms with van der Waals surface area (Å²) >= 11 is 0. The number of nitrogens with zero attached hydrogens (tertiary/aromatic N) is 1. The lowest BCUT2D eigenvalue weighted by Crippen LogP contribution is -2.45. The van der Waals surface area contributed by atoms with Gasteiger partial charge >= 0.3 is 0 Å². The van der Waals surface area contributed by atoms with Crippen molar-refractivity contribution in [1.29, 1.82) is 0 Å². The minimum Gasteiger partial charge on any atom is -0.756 e. The highest BCUT2D eigenvalue weighted by atomic mass is 31.2. The monoisotopic (exact) mass is 336 g/mol. The molecule has 0 saturated carbocycles. The fraction of sp³-hybridized carbons (Fsp3) is 0.455. The molecule has 1 aliphatic rings. The number of aromatic nitrogens is 1. The van der Waals surface area contributed by atoms with Crippen molar-refractivity contribution in [2.24, 2.45) is 5.73 Å². The van der Waals surface area contributed by atoms with Crippen LogP contribution < -0.4 is 15.2 Å². The molecule has 1 aliphatic heterocycles. The third-order valence-corrected chi connectivity index (χ3v) is 3.57. The van der Waals surface area contributed by atoms with Crippen LogP contribution in [0.3, 0.4) is 0 Å². The van der Waals surface area contributed by atoms with Crippen LogP contribution in [0.5, 0.6) is 0 Å². The predicted octanol–water partition coefficient (Wildman–Crippen LogP) is -1.85. The zero-order valence-corrected chi connectivity index (χ0v) is 12.0. The van der Waals surface area contributed by atoms with E-state index < -0.39 is 44.9 Å². The fourth-order valence-electron chi connectivity index (χ4n) is 2.05. The molecule has 1 aromatic rings. The number of pyridine rings is 1. The van der Waals surface area contributed by atoms with Crippen molar-refractivity contribution in [2.45, 2.75) is 24.6 Å². The van der Waals surface area contributed by atoms with Gasteiger partial charge < -0.3 is 29.9 Å². The number of hydrogen-bond acceptors (Lipinski definition) is 6. The Bertz CT molecular complexity index is 610. The van der Waals surface area contributed by atoms with E-state index in [1.54, 1.807) is 0 Å². The predicted molar refractivity (Wildman–Crippen MR) is 65.7 cm³/mol. The number of nitrogens with two attached hydrogens (primary N) is 1. The van der Waals surface area contributed by atoms with Gasteiger partial charge in [-0.05, 0) is 6.07 Å². The third-order valence-electron chi connectivity index (χ3n) is 3.10. The molecule has 4 N–H and O–H groups in total. The number of aliphatic hydroxyl groups excluding tert-OH is 1.